The minimum Gasteiger partial charge on any atom is -0.350 e. The van der Waals surface area contributed by atoms with Gasteiger partial charge in [0.2, 0.25) is 5.91 Å². The van der Waals surface area contributed by atoms with E-state index in [1.54, 1.807) is 12.1 Å². The molecule has 6 nitrogen and oxygen atoms in total. The molecule has 0 spiro atoms. The van der Waals surface area contributed by atoms with Gasteiger partial charge in [-0.05, 0) is 32.0 Å². The van der Waals surface area contributed by atoms with Crippen LogP contribution in [0.15, 0.2) is 18.2 Å². The molecule has 1 aliphatic rings. The molecule has 0 bridgehead atoms. The summed E-state index contributed by atoms with van der Waals surface area (Å²) in [5.74, 6) is 0.111. The summed E-state index contributed by atoms with van der Waals surface area (Å²) in [5.41, 5.74) is 0.763. The number of thioether (sulfide) groups is 1. The van der Waals surface area contributed by atoms with Gasteiger partial charge < -0.3 is 15.5 Å². The number of rotatable bonds is 5. The maximum Gasteiger partial charge on any atom is 0.282 e. The molecule has 23 heavy (non-hydrogen) atoms. The second kappa shape index (κ2) is 7.70. The molecule has 1 aromatic rings. The molecule has 8 heteroatoms. The number of hydrogen-bond donors (Lipinski definition) is 2. The molecule has 3 amide bonds. The number of hydrogen-bond acceptors (Lipinski definition) is 4. The van der Waals surface area contributed by atoms with Crippen molar-refractivity contribution in [3.05, 3.63) is 28.8 Å². The van der Waals surface area contributed by atoms with Crippen molar-refractivity contribution in [3.8, 4) is 0 Å². The smallest absolute Gasteiger partial charge is 0.282 e. The van der Waals surface area contributed by atoms with Crippen molar-refractivity contribution in [3.63, 3.8) is 0 Å². The molecule has 1 heterocycles. The molecule has 1 saturated heterocycles. The third kappa shape index (κ3) is 4.87. The van der Waals surface area contributed by atoms with Crippen LogP contribution in [0.5, 0.6) is 0 Å². The number of halogens is 1. The van der Waals surface area contributed by atoms with E-state index >= 15 is 0 Å². The molecule has 0 radical (unpaired) electrons. The summed E-state index contributed by atoms with van der Waals surface area (Å²) in [4.78, 5) is 37.0. The predicted molar refractivity (Wildman–Crippen MR) is 92.1 cm³/mol. The Kier molecular flexibility index (Phi) is 5.90. The standard InChI is InChI=1S/C15H18ClN3O3S/c1-9(2)17-14(21)10-3-4-11(16)12(7-10)18-13(20)8-19-5-6-23-15(19)22/h3-4,7,9H,5-6,8H2,1-2H3,(H,17,21)(H,18,20). The van der Waals surface area contributed by atoms with E-state index in [4.69, 9.17) is 11.6 Å². The number of benzene rings is 1. The van der Waals surface area contributed by atoms with E-state index in [0.29, 0.717) is 28.6 Å². The summed E-state index contributed by atoms with van der Waals surface area (Å²) >= 11 is 7.26. The molecule has 1 aliphatic heterocycles. The molecule has 0 saturated carbocycles. The van der Waals surface area contributed by atoms with E-state index in [1.807, 2.05) is 13.8 Å². The van der Waals surface area contributed by atoms with Crippen LogP contribution in [0.1, 0.15) is 24.2 Å². The summed E-state index contributed by atoms with van der Waals surface area (Å²) in [6, 6.07) is 4.69. The van der Waals surface area contributed by atoms with Crippen molar-refractivity contribution in [2.45, 2.75) is 19.9 Å². The van der Waals surface area contributed by atoms with Gasteiger partial charge in [-0.1, -0.05) is 23.4 Å². The van der Waals surface area contributed by atoms with Gasteiger partial charge in [-0.25, -0.2) is 0 Å². The second-order valence-corrected chi connectivity index (χ2v) is 6.86. The van der Waals surface area contributed by atoms with Gasteiger partial charge in [0.05, 0.1) is 10.7 Å². The lowest BCUT2D eigenvalue weighted by atomic mass is 10.1. The normalized spacial score (nSPS) is 14.3. The Morgan fingerprint density at radius 1 is 1.39 bits per heavy atom. The molecule has 1 fully saturated rings. The van der Waals surface area contributed by atoms with Crippen LogP contribution in [0.3, 0.4) is 0 Å². The zero-order valence-electron chi connectivity index (χ0n) is 12.9. The third-order valence-corrected chi connectivity index (χ3v) is 4.32. The molecule has 1 aromatic carbocycles. The first-order valence-corrected chi connectivity index (χ1v) is 8.55. The van der Waals surface area contributed by atoms with Crippen LogP contribution in [0.2, 0.25) is 5.02 Å². The van der Waals surface area contributed by atoms with Crippen LogP contribution in [0, 0.1) is 0 Å². The topological polar surface area (TPSA) is 78.5 Å². The van der Waals surface area contributed by atoms with Crippen molar-refractivity contribution in [1.29, 1.82) is 0 Å². The van der Waals surface area contributed by atoms with E-state index in [0.717, 1.165) is 0 Å². The van der Waals surface area contributed by atoms with Crippen LogP contribution < -0.4 is 10.6 Å². The molecule has 0 unspecified atom stereocenters. The summed E-state index contributed by atoms with van der Waals surface area (Å²) in [5, 5.41) is 5.66. The average molecular weight is 356 g/mol. The van der Waals surface area contributed by atoms with Crippen LogP contribution in [0.4, 0.5) is 10.5 Å². The highest BCUT2D eigenvalue weighted by atomic mass is 35.5. The van der Waals surface area contributed by atoms with Gasteiger partial charge >= 0.3 is 0 Å². The number of anilines is 1. The van der Waals surface area contributed by atoms with Gasteiger partial charge in [0.25, 0.3) is 11.1 Å². The van der Waals surface area contributed by atoms with Crippen molar-refractivity contribution in [2.24, 2.45) is 0 Å². The van der Waals surface area contributed by atoms with Gasteiger partial charge in [-0.15, -0.1) is 0 Å². The SMILES string of the molecule is CC(C)NC(=O)c1ccc(Cl)c(NC(=O)CN2CCSC2=O)c1. The van der Waals surface area contributed by atoms with Crippen molar-refractivity contribution >= 4 is 46.1 Å². The van der Waals surface area contributed by atoms with Crippen LogP contribution >= 0.6 is 23.4 Å². The van der Waals surface area contributed by atoms with Crippen LogP contribution in [-0.4, -0.2) is 46.8 Å². The fraction of sp³-hybridized carbons (Fsp3) is 0.400. The van der Waals surface area contributed by atoms with Gasteiger partial charge in [-0.2, -0.15) is 0 Å². The minimum absolute atomic E-state index is 0.00916. The summed E-state index contributed by atoms with van der Waals surface area (Å²) in [6.07, 6.45) is 0. The molecule has 2 rings (SSSR count). The molecule has 124 valence electrons. The first-order valence-electron chi connectivity index (χ1n) is 7.19. The Labute approximate surface area is 143 Å². The Bertz CT molecular complexity index is 636. The lowest BCUT2D eigenvalue weighted by Gasteiger charge is -2.15. The maximum absolute atomic E-state index is 12.1. The number of nitrogens with zero attached hydrogens (tertiary/aromatic N) is 1. The van der Waals surface area contributed by atoms with Gasteiger partial charge in [-0.3, -0.25) is 14.4 Å². The Balaban J connectivity index is 2.05. The molecule has 2 N–H and O–H groups in total. The van der Waals surface area contributed by atoms with E-state index in [2.05, 4.69) is 10.6 Å². The number of nitrogens with one attached hydrogen (secondary N) is 2. The maximum atomic E-state index is 12.1. The number of carbonyl (C=O) groups is 3. The van der Waals surface area contributed by atoms with E-state index in [1.165, 1.54) is 22.7 Å². The molecule has 0 atom stereocenters. The number of carbonyl (C=O) groups excluding carboxylic acids is 3. The van der Waals surface area contributed by atoms with Gasteiger partial charge in [0, 0.05) is 23.9 Å². The summed E-state index contributed by atoms with van der Waals surface area (Å²) in [7, 11) is 0. The lowest BCUT2D eigenvalue weighted by Crippen LogP contribution is -2.33. The molecule has 0 aromatic heterocycles. The zero-order chi connectivity index (χ0) is 17.0. The highest BCUT2D eigenvalue weighted by molar-refractivity contribution is 8.13. The van der Waals surface area contributed by atoms with Crippen molar-refractivity contribution < 1.29 is 14.4 Å². The monoisotopic (exact) mass is 355 g/mol. The largest absolute Gasteiger partial charge is 0.350 e. The highest BCUT2D eigenvalue weighted by Crippen LogP contribution is 2.24. The Morgan fingerprint density at radius 2 is 2.13 bits per heavy atom. The molecular weight excluding hydrogens is 338 g/mol. The van der Waals surface area contributed by atoms with E-state index in [9.17, 15) is 14.4 Å². The lowest BCUT2D eigenvalue weighted by molar-refractivity contribution is -0.116. The Hall–Kier alpha value is -1.73. The average Bonchev–Trinajstić information content (AvgIpc) is 2.85. The zero-order valence-corrected chi connectivity index (χ0v) is 14.5. The van der Waals surface area contributed by atoms with Crippen molar-refractivity contribution in [2.75, 3.05) is 24.2 Å². The first-order chi connectivity index (χ1) is 10.9. The van der Waals surface area contributed by atoms with Crippen LogP contribution in [0.25, 0.3) is 0 Å². The number of amides is 3. The summed E-state index contributed by atoms with van der Waals surface area (Å²) < 4.78 is 0. The molecular formula is C15H18ClN3O3S. The van der Waals surface area contributed by atoms with Crippen molar-refractivity contribution in [1.82, 2.24) is 10.2 Å². The second-order valence-electron chi connectivity index (χ2n) is 5.41. The van der Waals surface area contributed by atoms with Crippen LogP contribution in [-0.2, 0) is 4.79 Å². The van der Waals surface area contributed by atoms with E-state index in [-0.39, 0.29) is 29.6 Å². The Morgan fingerprint density at radius 3 is 2.74 bits per heavy atom. The minimum atomic E-state index is -0.343. The van der Waals surface area contributed by atoms with E-state index < -0.39 is 0 Å². The molecule has 0 aliphatic carbocycles. The third-order valence-electron chi connectivity index (χ3n) is 3.10. The fourth-order valence-corrected chi connectivity index (χ4v) is 3.03. The van der Waals surface area contributed by atoms with Gasteiger partial charge in [0.15, 0.2) is 0 Å². The summed E-state index contributed by atoms with van der Waals surface area (Å²) in [6.45, 7) is 4.26. The van der Waals surface area contributed by atoms with Gasteiger partial charge in [0.1, 0.15) is 6.54 Å². The predicted octanol–water partition coefficient (Wildman–Crippen LogP) is 2.59. The fourth-order valence-electron chi connectivity index (χ4n) is 2.04. The highest BCUT2D eigenvalue weighted by Gasteiger charge is 2.23. The first kappa shape index (κ1) is 17.6. The quantitative estimate of drug-likeness (QED) is 0.851.